The van der Waals surface area contributed by atoms with E-state index in [1.807, 2.05) is 0 Å². The summed E-state index contributed by atoms with van der Waals surface area (Å²) in [4.78, 5) is 31.2. The monoisotopic (exact) mass is 327 g/mol. The summed E-state index contributed by atoms with van der Waals surface area (Å²) in [7, 11) is 0. The Morgan fingerprint density at radius 3 is 2.83 bits per heavy atom. The maximum absolute atomic E-state index is 12.3. The van der Waals surface area contributed by atoms with Crippen molar-refractivity contribution in [2.75, 3.05) is 0 Å². The zero-order valence-corrected chi connectivity index (χ0v) is 13.6. The van der Waals surface area contributed by atoms with Gasteiger partial charge < -0.3 is 9.73 Å². The minimum Gasteiger partial charge on any atom is -0.467 e. The molecule has 3 rings (SSSR count). The standard InChI is InChI=1S/C16H17N5O3/c1-9-10(2)19-16(20-14(9)22)21-11(3)13(8-18-21)15(23)17-7-12-5-4-6-24-12/h4-6,8H,7H2,1-3H3,(H,17,23)(H,19,20,22). The smallest absolute Gasteiger partial charge is 0.255 e. The summed E-state index contributed by atoms with van der Waals surface area (Å²) in [5.41, 5.74) is 1.93. The largest absolute Gasteiger partial charge is 0.467 e. The molecule has 0 fully saturated rings. The summed E-state index contributed by atoms with van der Waals surface area (Å²) in [6.07, 6.45) is 2.99. The van der Waals surface area contributed by atoms with Crippen LogP contribution < -0.4 is 10.9 Å². The highest BCUT2D eigenvalue weighted by atomic mass is 16.3. The lowest BCUT2D eigenvalue weighted by Gasteiger charge is -2.07. The number of nitrogens with zero attached hydrogens (tertiary/aromatic N) is 3. The minimum atomic E-state index is -0.277. The van der Waals surface area contributed by atoms with Gasteiger partial charge in [0.25, 0.3) is 11.5 Å². The van der Waals surface area contributed by atoms with Gasteiger partial charge in [0.15, 0.2) is 0 Å². The molecular weight excluding hydrogens is 310 g/mol. The van der Waals surface area contributed by atoms with Crippen LogP contribution in [0, 0.1) is 20.8 Å². The van der Waals surface area contributed by atoms with E-state index >= 15 is 0 Å². The molecule has 0 aromatic carbocycles. The number of H-pyrrole nitrogens is 1. The first-order valence-corrected chi connectivity index (χ1v) is 7.40. The molecule has 0 aliphatic carbocycles. The van der Waals surface area contributed by atoms with Crippen molar-refractivity contribution >= 4 is 5.91 Å². The zero-order chi connectivity index (χ0) is 17.3. The van der Waals surface area contributed by atoms with Crippen molar-refractivity contribution in [3.05, 3.63) is 63.2 Å². The molecule has 0 aliphatic rings. The summed E-state index contributed by atoms with van der Waals surface area (Å²) >= 11 is 0. The van der Waals surface area contributed by atoms with Crippen molar-refractivity contribution in [1.29, 1.82) is 0 Å². The number of aromatic amines is 1. The summed E-state index contributed by atoms with van der Waals surface area (Å²) in [6.45, 7) is 5.48. The average molecular weight is 327 g/mol. The van der Waals surface area contributed by atoms with E-state index < -0.39 is 0 Å². The fourth-order valence-electron chi connectivity index (χ4n) is 2.25. The van der Waals surface area contributed by atoms with Crippen molar-refractivity contribution in [2.24, 2.45) is 0 Å². The highest BCUT2D eigenvalue weighted by Crippen LogP contribution is 2.11. The molecule has 0 aliphatic heterocycles. The molecule has 3 aromatic heterocycles. The van der Waals surface area contributed by atoms with Crippen LogP contribution in [0.15, 0.2) is 33.8 Å². The molecule has 8 nitrogen and oxygen atoms in total. The summed E-state index contributed by atoms with van der Waals surface area (Å²) in [6, 6.07) is 3.53. The molecule has 8 heteroatoms. The molecule has 0 bridgehead atoms. The van der Waals surface area contributed by atoms with Crippen molar-refractivity contribution in [3.8, 4) is 5.95 Å². The Morgan fingerprint density at radius 1 is 1.38 bits per heavy atom. The van der Waals surface area contributed by atoms with Crippen LogP contribution in [0.1, 0.15) is 33.1 Å². The summed E-state index contributed by atoms with van der Waals surface area (Å²) < 4.78 is 6.62. The number of aromatic nitrogens is 4. The molecule has 0 radical (unpaired) electrons. The van der Waals surface area contributed by atoms with Crippen LogP contribution in [-0.4, -0.2) is 25.7 Å². The van der Waals surface area contributed by atoms with Gasteiger partial charge in [0, 0.05) is 11.3 Å². The van der Waals surface area contributed by atoms with Crippen LogP contribution >= 0.6 is 0 Å². The van der Waals surface area contributed by atoms with Crippen molar-refractivity contribution in [1.82, 2.24) is 25.1 Å². The fraction of sp³-hybridized carbons (Fsp3) is 0.250. The molecule has 0 atom stereocenters. The van der Waals surface area contributed by atoms with Gasteiger partial charge in [0.1, 0.15) is 5.76 Å². The van der Waals surface area contributed by atoms with Crippen molar-refractivity contribution in [2.45, 2.75) is 27.3 Å². The lowest BCUT2D eigenvalue weighted by Crippen LogP contribution is -2.23. The second-order valence-corrected chi connectivity index (χ2v) is 5.42. The van der Waals surface area contributed by atoms with Crippen LogP contribution in [0.2, 0.25) is 0 Å². The first kappa shape index (κ1) is 15.7. The van der Waals surface area contributed by atoms with Gasteiger partial charge in [0.05, 0.1) is 30.3 Å². The second kappa shape index (κ2) is 6.15. The molecule has 124 valence electrons. The molecular formula is C16H17N5O3. The number of carbonyl (C=O) groups excluding carboxylic acids is 1. The molecule has 0 saturated carbocycles. The number of aryl methyl sites for hydroxylation is 1. The summed E-state index contributed by atoms with van der Waals surface area (Å²) in [5.74, 6) is 0.667. The fourth-order valence-corrected chi connectivity index (χ4v) is 2.25. The molecule has 0 unspecified atom stereocenters. The average Bonchev–Trinajstić information content (AvgIpc) is 3.19. The third-order valence-electron chi connectivity index (χ3n) is 3.84. The van der Waals surface area contributed by atoms with E-state index in [0.29, 0.717) is 28.3 Å². The SMILES string of the molecule is Cc1nc(-n2ncc(C(=O)NCc3ccco3)c2C)[nH]c(=O)c1C. The van der Waals surface area contributed by atoms with Gasteiger partial charge in [0.2, 0.25) is 5.95 Å². The molecule has 0 spiro atoms. The van der Waals surface area contributed by atoms with E-state index in [0.717, 1.165) is 0 Å². The van der Waals surface area contributed by atoms with Crippen LogP contribution in [-0.2, 0) is 6.54 Å². The van der Waals surface area contributed by atoms with Gasteiger partial charge in [-0.1, -0.05) is 0 Å². The maximum Gasteiger partial charge on any atom is 0.255 e. The number of hydrogen-bond donors (Lipinski definition) is 2. The Balaban J connectivity index is 1.86. The Hall–Kier alpha value is -3.16. The number of hydrogen-bond acceptors (Lipinski definition) is 5. The number of amides is 1. The van der Waals surface area contributed by atoms with Gasteiger partial charge in [-0.2, -0.15) is 5.10 Å². The minimum absolute atomic E-state index is 0.226. The highest BCUT2D eigenvalue weighted by molar-refractivity contribution is 5.95. The van der Waals surface area contributed by atoms with Crippen LogP contribution in [0.5, 0.6) is 0 Å². The Labute approximate surface area is 137 Å². The van der Waals surface area contributed by atoms with Crippen molar-refractivity contribution in [3.63, 3.8) is 0 Å². The molecule has 3 aromatic rings. The highest BCUT2D eigenvalue weighted by Gasteiger charge is 2.17. The predicted octanol–water partition coefficient (Wildman–Crippen LogP) is 1.40. The normalized spacial score (nSPS) is 10.8. The Bertz CT molecular complexity index is 937. The van der Waals surface area contributed by atoms with Crippen LogP contribution in [0.3, 0.4) is 0 Å². The third-order valence-corrected chi connectivity index (χ3v) is 3.84. The first-order valence-electron chi connectivity index (χ1n) is 7.40. The zero-order valence-electron chi connectivity index (χ0n) is 13.6. The van der Waals surface area contributed by atoms with Gasteiger partial charge in [-0.05, 0) is 32.9 Å². The maximum atomic E-state index is 12.3. The number of carbonyl (C=O) groups is 1. The topological polar surface area (TPSA) is 106 Å². The van der Waals surface area contributed by atoms with Gasteiger partial charge in [-0.3, -0.25) is 14.6 Å². The number of rotatable bonds is 4. The lowest BCUT2D eigenvalue weighted by molar-refractivity contribution is 0.0947. The molecule has 2 N–H and O–H groups in total. The first-order chi connectivity index (χ1) is 11.5. The predicted molar refractivity (Wildman–Crippen MR) is 86.1 cm³/mol. The van der Waals surface area contributed by atoms with Crippen molar-refractivity contribution < 1.29 is 9.21 Å². The number of furan rings is 1. The molecule has 24 heavy (non-hydrogen) atoms. The van der Waals surface area contributed by atoms with E-state index in [-0.39, 0.29) is 24.0 Å². The van der Waals surface area contributed by atoms with Crippen LogP contribution in [0.25, 0.3) is 5.95 Å². The Morgan fingerprint density at radius 2 is 2.17 bits per heavy atom. The van der Waals surface area contributed by atoms with E-state index in [1.54, 1.807) is 39.2 Å². The van der Waals surface area contributed by atoms with E-state index in [1.165, 1.54) is 10.9 Å². The van der Waals surface area contributed by atoms with E-state index in [4.69, 9.17) is 4.42 Å². The Kier molecular flexibility index (Phi) is 4.03. The third kappa shape index (κ3) is 2.85. The lowest BCUT2D eigenvalue weighted by atomic mass is 10.2. The number of nitrogens with one attached hydrogen (secondary N) is 2. The van der Waals surface area contributed by atoms with Crippen LogP contribution in [0.4, 0.5) is 0 Å². The van der Waals surface area contributed by atoms with Gasteiger partial charge in [-0.15, -0.1) is 0 Å². The van der Waals surface area contributed by atoms with E-state index in [2.05, 4.69) is 20.4 Å². The van der Waals surface area contributed by atoms with Gasteiger partial charge >= 0.3 is 0 Å². The van der Waals surface area contributed by atoms with Gasteiger partial charge in [-0.25, -0.2) is 9.67 Å². The van der Waals surface area contributed by atoms with E-state index in [9.17, 15) is 9.59 Å². The molecule has 3 heterocycles. The second-order valence-electron chi connectivity index (χ2n) is 5.42. The quantitative estimate of drug-likeness (QED) is 0.753. The molecule has 0 saturated heterocycles. The summed E-state index contributed by atoms with van der Waals surface area (Å²) in [5, 5.41) is 6.92. The molecule has 1 amide bonds.